The molecule has 0 saturated heterocycles. The summed E-state index contributed by atoms with van der Waals surface area (Å²) < 4.78 is 1.53. The Morgan fingerprint density at radius 2 is 2.00 bits per heavy atom. The van der Waals surface area contributed by atoms with Crippen LogP contribution in [0.25, 0.3) is 0 Å². The van der Waals surface area contributed by atoms with Crippen LogP contribution in [-0.4, -0.2) is 17.2 Å². The molecule has 2 aromatic rings. The highest BCUT2D eigenvalue weighted by atomic mass is 127. The first-order chi connectivity index (χ1) is 9.97. The van der Waals surface area contributed by atoms with E-state index in [1.54, 1.807) is 24.3 Å². The minimum absolute atomic E-state index is 0.132. The Kier molecular flexibility index (Phi) is 5.35. The summed E-state index contributed by atoms with van der Waals surface area (Å²) in [5.41, 5.74) is 4.58. The molecule has 0 fully saturated rings. The van der Waals surface area contributed by atoms with Crippen LogP contribution in [-0.2, 0) is 0 Å². The normalized spacial score (nSPS) is 10.8. The van der Waals surface area contributed by atoms with Gasteiger partial charge in [0.05, 0.1) is 9.78 Å². The summed E-state index contributed by atoms with van der Waals surface area (Å²) in [6, 6.07) is 10.7. The van der Waals surface area contributed by atoms with E-state index in [4.69, 9.17) is 0 Å². The SMILES string of the molecule is Cc1ccc(C(=O)NN=Cc2cc(Br)cc(I)c2O)cc1. The maximum absolute atomic E-state index is 11.9. The standard InChI is InChI=1S/C15H12BrIN2O2/c1-9-2-4-10(5-3-9)15(21)19-18-8-11-6-12(16)7-13(17)14(11)20/h2-8,20H,1H3,(H,19,21). The molecule has 0 aliphatic carbocycles. The molecule has 0 bridgehead atoms. The molecule has 0 aliphatic rings. The van der Waals surface area contributed by atoms with Gasteiger partial charge in [-0.05, 0) is 53.8 Å². The molecule has 0 heterocycles. The lowest BCUT2D eigenvalue weighted by Crippen LogP contribution is -2.17. The number of aromatic hydroxyl groups is 1. The molecular weight excluding hydrogens is 447 g/mol. The Morgan fingerprint density at radius 3 is 2.67 bits per heavy atom. The van der Waals surface area contributed by atoms with Crippen LogP contribution in [0.15, 0.2) is 46.0 Å². The molecule has 2 N–H and O–H groups in total. The van der Waals surface area contributed by atoms with Crippen LogP contribution in [0.2, 0.25) is 0 Å². The van der Waals surface area contributed by atoms with Crippen molar-refractivity contribution in [1.82, 2.24) is 5.43 Å². The third-order valence-electron chi connectivity index (χ3n) is 2.74. The number of halogens is 2. The van der Waals surface area contributed by atoms with Crippen molar-refractivity contribution in [2.45, 2.75) is 6.92 Å². The number of nitrogens with one attached hydrogen (secondary N) is 1. The Hall–Kier alpha value is -1.41. The summed E-state index contributed by atoms with van der Waals surface area (Å²) in [5.74, 6) is -0.164. The molecule has 1 amide bonds. The van der Waals surface area contributed by atoms with Gasteiger partial charge in [0.15, 0.2) is 0 Å². The summed E-state index contributed by atoms with van der Waals surface area (Å²) >= 11 is 5.37. The summed E-state index contributed by atoms with van der Waals surface area (Å²) in [6.07, 6.45) is 1.41. The number of hydrazone groups is 1. The van der Waals surface area contributed by atoms with Crippen molar-refractivity contribution in [2.24, 2.45) is 5.10 Å². The second-order valence-electron chi connectivity index (χ2n) is 4.39. The van der Waals surface area contributed by atoms with Crippen molar-refractivity contribution in [3.63, 3.8) is 0 Å². The Bertz CT molecular complexity index is 700. The van der Waals surface area contributed by atoms with Crippen LogP contribution in [0, 0.1) is 10.5 Å². The number of hydrogen-bond donors (Lipinski definition) is 2. The van der Waals surface area contributed by atoms with Crippen LogP contribution < -0.4 is 5.43 Å². The average Bonchev–Trinajstić information content (AvgIpc) is 2.44. The lowest BCUT2D eigenvalue weighted by Gasteiger charge is -2.03. The number of hydrogen-bond acceptors (Lipinski definition) is 3. The van der Waals surface area contributed by atoms with E-state index < -0.39 is 0 Å². The Balaban J connectivity index is 2.09. The first-order valence-electron chi connectivity index (χ1n) is 6.05. The zero-order valence-corrected chi connectivity index (χ0v) is 14.8. The van der Waals surface area contributed by atoms with Crippen LogP contribution >= 0.6 is 38.5 Å². The van der Waals surface area contributed by atoms with Crippen molar-refractivity contribution in [2.75, 3.05) is 0 Å². The lowest BCUT2D eigenvalue weighted by molar-refractivity contribution is 0.0955. The summed E-state index contributed by atoms with van der Waals surface area (Å²) in [7, 11) is 0. The van der Waals surface area contributed by atoms with Crippen LogP contribution in [0.1, 0.15) is 21.5 Å². The fraction of sp³-hybridized carbons (Fsp3) is 0.0667. The highest BCUT2D eigenvalue weighted by Crippen LogP contribution is 2.27. The fourth-order valence-corrected chi connectivity index (χ4v) is 3.16. The van der Waals surface area contributed by atoms with Crippen LogP contribution in [0.4, 0.5) is 0 Å². The van der Waals surface area contributed by atoms with Gasteiger partial charge in [-0.1, -0.05) is 33.6 Å². The first-order valence-corrected chi connectivity index (χ1v) is 7.92. The molecule has 0 unspecified atom stereocenters. The largest absolute Gasteiger partial charge is 0.506 e. The Labute approximate surface area is 144 Å². The minimum Gasteiger partial charge on any atom is -0.506 e. The summed E-state index contributed by atoms with van der Waals surface area (Å²) in [5, 5.41) is 13.8. The van der Waals surface area contributed by atoms with Gasteiger partial charge in [-0.2, -0.15) is 5.10 Å². The van der Waals surface area contributed by atoms with E-state index in [0.29, 0.717) is 14.7 Å². The molecule has 6 heteroatoms. The molecular formula is C15H12BrIN2O2. The number of aryl methyl sites for hydroxylation is 1. The highest BCUT2D eigenvalue weighted by molar-refractivity contribution is 14.1. The van der Waals surface area contributed by atoms with Crippen molar-refractivity contribution < 1.29 is 9.90 Å². The molecule has 0 aliphatic heterocycles. The summed E-state index contributed by atoms with van der Waals surface area (Å²) in [4.78, 5) is 11.9. The quantitative estimate of drug-likeness (QED) is 0.417. The van der Waals surface area contributed by atoms with Gasteiger partial charge >= 0.3 is 0 Å². The van der Waals surface area contributed by atoms with Gasteiger partial charge in [0.1, 0.15) is 5.75 Å². The minimum atomic E-state index is -0.296. The van der Waals surface area contributed by atoms with Gasteiger partial charge in [0.2, 0.25) is 0 Å². The molecule has 4 nitrogen and oxygen atoms in total. The number of nitrogens with zero attached hydrogens (tertiary/aromatic N) is 1. The molecule has 0 spiro atoms. The van der Waals surface area contributed by atoms with E-state index in [9.17, 15) is 9.90 Å². The highest BCUT2D eigenvalue weighted by Gasteiger charge is 2.06. The molecule has 21 heavy (non-hydrogen) atoms. The molecule has 0 saturated carbocycles. The van der Waals surface area contributed by atoms with E-state index >= 15 is 0 Å². The molecule has 108 valence electrons. The number of carbonyl (C=O) groups is 1. The maximum atomic E-state index is 11.9. The van der Waals surface area contributed by atoms with E-state index in [-0.39, 0.29) is 11.7 Å². The number of phenolic OH excluding ortho intramolecular Hbond substituents is 1. The third kappa shape index (κ3) is 4.28. The smallest absolute Gasteiger partial charge is 0.271 e. The van der Waals surface area contributed by atoms with E-state index in [1.807, 2.05) is 41.6 Å². The fourth-order valence-electron chi connectivity index (χ4n) is 1.61. The third-order valence-corrected chi connectivity index (χ3v) is 4.02. The van der Waals surface area contributed by atoms with Gasteiger partial charge in [0, 0.05) is 15.6 Å². The van der Waals surface area contributed by atoms with E-state index in [2.05, 4.69) is 26.5 Å². The van der Waals surface area contributed by atoms with Gasteiger partial charge in [-0.15, -0.1) is 0 Å². The second-order valence-corrected chi connectivity index (χ2v) is 6.47. The van der Waals surface area contributed by atoms with Crippen molar-refractivity contribution in [1.29, 1.82) is 0 Å². The summed E-state index contributed by atoms with van der Waals surface area (Å²) in [6.45, 7) is 1.96. The Morgan fingerprint density at radius 1 is 1.33 bits per heavy atom. The zero-order chi connectivity index (χ0) is 15.4. The number of amides is 1. The number of phenols is 1. The van der Waals surface area contributed by atoms with Crippen LogP contribution in [0.5, 0.6) is 5.75 Å². The van der Waals surface area contributed by atoms with E-state index in [1.165, 1.54) is 6.21 Å². The maximum Gasteiger partial charge on any atom is 0.271 e. The predicted octanol–water partition coefficient (Wildman–Crippen LogP) is 3.83. The van der Waals surface area contributed by atoms with E-state index in [0.717, 1.165) is 10.0 Å². The van der Waals surface area contributed by atoms with Crippen molar-refractivity contribution in [3.05, 3.63) is 61.1 Å². The number of benzene rings is 2. The van der Waals surface area contributed by atoms with Gasteiger partial charge in [-0.3, -0.25) is 4.79 Å². The molecule has 0 aromatic heterocycles. The van der Waals surface area contributed by atoms with Gasteiger partial charge < -0.3 is 5.11 Å². The molecule has 0 radical (unpaired) electrons. The predicted molar refractivity (Wildman–Crippen MR) is 94.8 cm³/mol. The molecule has 0 atom stereocenters. The average molecular weight is 459 g/mol. The molecule has 2 rings (SSSR count). The van der Waals surface area contributed by atoms with Crippen molar-refractivity contribution in [3.8, 4) is 5.75 Å². The first kappa shape index (κ1) is 16.0. The van der Waals surface area contributed by atoms with Gasteiger partial charge in [0.25, 0.3) is 5.91 Å². The monoisotopic (exact) mass is 458 g/mol. The number of carbonyl (C=O) groups excluding carboxylic acids is 1. The molecule has 2 aromatic carbocycles. The van der Waals surface area contributed by atoms with Crippen molar-refractivity contribution >= 4 is 50.6 Å². The zero-order valence-electron chi connectivity index (χ0n) is 11.1. The van der Waals surface area contributed by atoms with Gasteiger partial charge in [-0.25, -0.2) is 5.43 Å². The van der Waals surface area contributed by atoms with Crippen LogP contribution in [0.3, 0.4) is 0 Å². The lowest BCUT2D eigenvalue weighted by atomic mass is 10.1. The number of rotatable bonds is 3. The topological polar surface area (TPSA) is 61.7 Å². The second kappa shape index (κ2) is 7.04.